The fraction of sp³-hybridized carbons (Fsp3) is 0.300. The van der Waals surface area contributed by atoms with Gasteiger partial charge in [0.25, 0.3) is 11.8 Å². The van der Waals surface area contributed by atoms with Gasteiger partial charge in [-0.2, -0.15) is 0 Å². The molecule has 2 aromatic carbocycles. The van der Waals surface area contributed by atoms with Gasteiger partial charge in [0.15, 0.2) is 0 Å². The van der Waals surface area contributed by atoms with Crippen LogP contribution in [0.4, 0.5) is 0 Å². The summed E-state index contributed by atoms with van der Waals surface area (Å²) >= 11 is 0. The number of quaternary nitrogens is 1. The minimum atomic E-state index is -0.176. The first-order valence-electron chi connectivity index (χ1n) is 8.43. The molecule has 0 aliphatic carbocycles. The van der Waals surface area contributed by atoms with Gasteiger partial charge >= 0.3 is 0 Å². The molecule has 1 aliphatic rings. The first-order valence-corrected chi connectivity index (χ1v) is 8.43. The van der Waals surface area contributed by atoms with Crippen molar-refractivity contribution in [2.45, 2.75) is 19.9 Å². The average molecular weight is 323 g/mol. The maximum atomic E-state index is 12.4. The highest BCUT2D eigenvalue weighted by molar-refractivity contribution is 6.21. The van der Waals surface area contributed by atoms with Crippen LogP contribution in [0, 0.1) is 5.92 Å². The van der Waals surface area contributed by atoms with E-state index in [-0.39, 0.29) is 11.8 Å². The largest absolute Gasteiger partial charge is 0.338 e. The van der Waals surface area contributed by atoms with Gasteiger partial charge in [0.1, 0.15) is 6.04 Å². The fourth-order valence-electron chi connectivity index (χ4n) is 3.29. The van der Waals surface area contributed by atoms with E-state index in [2.05, 4.69) is 31.3 Å². The van der Waals surface area contributed by atoms with E-state index in [1.54, 1.807) is 24.3 Å². The Hall–Kier alpha value is -2.46. The summed E-state index contributed by atoms with van der Waals surface area (Å²) in [6, 6.07) is 17.7. The lowest BCUT2D eigenvalue weighted by atomic mass is 9.96. The van der Waals surface area contributed by atoms with Crippen molar-refractivity contribution in [1.82, 2.24) is 4.90 Å². The molecule has 124 valence electrons. The molecule has 2 aromatic rings. The molecule has 0 saturated heterocycles. The Morgan fingerprint density at radius 1 is 0.875 bits per heavy atom. The molecule has 2 amide bonds. The van der Waals surface area contributed by atoms with E-state index in [9.17, 15) is 9.59 Å². The van der Waals surface area contributed by atoms with Crippen molar-refractivity contribution in [1.29, 1.82) is 0 Å². The molecule has 1 heterocycles. The number of hydrogen-bond acceptors (Lipinski definition) is 2. The highest BCUT2D eigenvalue weighted by Crippen LogP contribution is 2.22. The Labute approximate surface area is 142 Å². The lowest BCUT2D eigenvalue weighted by Crippen LogP contribution is -2.87. The normalized spacial score (nSPS) is 15.0. The average Bonchev–Trinajstić information content (AvgIpc) is 2.84. The van der Waals surface area contributed by atoms with Crippen molar-refractivity contribution >= 4 is 11.8 Å². The number of carbonyl (C=O) groups excluding carboxylic acids is 2. The number of nitrogens with zero attached hydrogens (tertiary/aromatic N) is 1. The molecule has 1 atom stereocenters. The molecule has 0 spiro atoms. The molecule has 0 bridgehead atoms. The van der Waals surface area contributed by atoms with Crippen LogP contribution in [0.25, 0.3) is 0 Å². The van der Waals surface area contributed by atoms with Gasteiger partial charge in [-0.3, -0.25) is 14.5 Å². The Bertz CT molecular complexity index is 705. The topological polar surface area (TPSA) is 54.0 Å². The second kappa shape index (κ2) is 6.97. The molecule has 2 N–H and O–H groups in total. The van der Waals surface area contributed by atoms with Crippen LogP contribution in [0.2, 0.25) is 0 Å². The summed E-state index contributed by atoms with van der Waals surface area (Å²) in [7, 11) is 0. The number of hydrogen-bond donors (Lipinski definition) is 1. The number of nitrogens with two attached hydrogens (primary N) is 1. The molecule has 0 saturated carbocycles. The second-order valence-electron chi connectivity index (χ2n) is 6.51. The molecule has 24 heavy (non-hydrogen) atoms. The predicted octanol–water partition coefficient (Wildman–Crippen LogP) is 2.24. The van der Waals surface area contributed by atoms with Crippen molar-refractivity contribution in [3.63, 3.8) is 0 Å². The molecule has 1 aliphatic heterocycles. The Kier molecular flexibility index (Phi) is 4.76. The van der Waals surface area contributed by atoms with Crippen molar-refractivity contribution in [3.05, 3.63) is 71.3 Å². The minimum absolute atomic E-state index is 0.176. The monoisotopic (exact) mass is 323 g/mol. The van der Waals surface area contributed by atoms with E-state index in [0.717, 1.165) is 0 Å². The van der Waals surface area contributed by atoms with Crippen LogP contribution < -0.4 is 5.32 Å². The third-order valence-electron chi connectivity index (χ3n) is 4.55. The summed E-state index contributed by atoms with van der Waals surface area (Å²) in [5, 5.41) is 2.23. The summed E-state index contributed by atoms with van der Waals surface area (Å²) in [4.78, 5) is 26.1. The van der Waals surface area contributed by atoms with Crippen LogP contribution in [0.1, 0.15) is 46.2 Å². The first-order chi connectivity index (χ1) is 11.6. The van der Waals surface area contributed by atoms with E-state index in [4.69, 9.17) is 0 Å². The summed E-state index contributed by atoms with van der Waals surface area (Å²) in [5.74, 6) is 0.115. The third kappa shape index (κ3) is 3.10. The van der Waals surface area contributed by atoms with Crippen molar-refractivity contribution < 1.29 is 14.9 Å². The van der Waals surface area contributed by atoms with Crippen molar-refractivity contribution in [2.75, 3.05) is 13.1 Å². The van der Waals surface area contributed by atoms with Crippen molar-refractivity contribution in [3.8, 4) is 0 Å². The summed E-state index contributed by atoms with van der Waals surface area (Å²) in [5.41, 5.74) is 2.31. The Morgan fingerprint density at radius 3 is 1.96 bits per heavy atom. The summed E-state index contributed by atoms with van der Waals surface area (Å²) in [6.07, 6.45) is 0. The van der Waals surface area contributed by atoms with Crippen LogP contribution >= 0.6 is 0 Å². The third-order valence-corrected chi connectivity index (χ3v) is 4.55. The van der Waals surface area contributed by atoms with Gasteiger partial charge in [-0.25, -0.2) is 0 Å². The lowest BCUT2D eigenvalue weighted by molar-refractivity contribution is -0.701. The van der Waals surface area contributed by atoms with Gasteiger partial charge in [-0.1, -0.05) is 56.3 Å². The number of rotatable bonds is 6. The van der Waals surface area contributed by atoms with E-state index >= 15 is 0 Å². The molecule has 4 nitrogen and oxygen atoms in total. The number of fused-ring (bicyclic) bond motifs is 1. The second-order valence-corrected chi connectivity index (χ2v) is 6.51. The molecule has 0 unspecified atom stereocenters. The smallest absolute Gasteiger partial charge is 0.261 e. The van der Waals surface area contributed by atoms with Crippen LogP contribution in [0.5, 0.6) is 0 Å². The fourth-order valence-corrected chi connectivity index (χ4v) is 3.29. The van der Waals surface area contributed by atoms with Crippen LogP contribution in [0.15, 0.2) is 54.6 Å². The molecular formula is C20H23N2O2+. The number of amides is 2. The SMILES string of the molecule is CC(C)[C@@H]([NH2+]CCN1C(=O)c2ccccc2C1=O)c1ccccc1. The van der Waals surface area contributed by atoms with Crippen molar-refractivity contribution in [2.24, 2.45) is 5.92 Å². The zero-order valence-corrected chi connectivity index (χ0v) is 14.1. The Morgan fingerprint density at radius 2 is 1.42 bits per heavy atom. The van der Waals surface area contributed by atoms with Gasteiger partial charge < -0.3 is 5.32 Å². The number of benzene rings is 2. The predicted molar refractivity (Wildman–Crippen MR) is 92.6 cm³/mol. The molecule has 3 rings (SSSR count). The van der Waals surface area contributed by atoms with Gasteiger partial charge in [0.05, 0.1) is 24.2 Å². The molecule has 0 fully saturated rings. The van der Waals surface area contributed by atoms with E-state index in [0.29, 0.717) is 36.2 Å². The maximum absolute atomic E-state index is 12.4. The maximum Gasteiger partial charge on any atom is 0.261 e. The van der Waals surface area contributed by atoms with Gasteiger partial charge in [0.2, 0.25) is 0 Å². The highest BCUT2D eigenvalue weighted by Gasteiger charge is 2.35. The van der Waals surface area contributed by atoms with Gasteiger partial charge in [0, 0.05) is 11.5 Å². The Balaban J connectivity index is 1.64. The quantitative estimate of drug-likeness (QED) is 0.829. The summed E-state index contributed by atoms with van der Waals surface area (Å²) in [6.45, 7) is 5.51. The zero-order valence-electron chi connectivity index (χ0n) is 14.1. The van der Waals surface area contributed by atoms with Crippen LogP contribution in [0.3, 0.4) is 0 Å². The van der Waals surface area contributed by atoms with Crippen LogP contribution in [-0.4, -0.2) is 29.8 Å². The van der Waals surface area contributed by atoms with Crippen LogP contribution in [-0.2, 0) is 0 Å². The standard InChI is InChI=1S/C20H22N2O2/c1-14(2)18(15-8-4-3-5-9-15)21-12-13-22-19(23)16-10-6-7-11-17(16)20(22)24/h3-11,14,18,21H,12-13H2,1-2H3/p+1/t18-/m1/s1. The van der Waals surface area contributed by atoms with Gasteiger partial charge in [-0.05, 0) is 12.1 Å². The van der Waals surface area contributed by atoms with E-state index in [1.807, 2.05) is 18.2 Å². The van der Waals surface area contributed by atoms with E-state index < -0.39 is 0 Å². The first kappa shape index (κ1) is 16.4. The molecule has 4 heteroatoms. The molecule has 0 aromatic heterocycles. The molecule has 0 radical (unpaired) electrons. The van der Waals surface area contributed by atoms with E-state index in [1.165, 1.54) is 10.5 Å². The minimum Gasteiger partial charge on any atom is -0.338 e. The summed E-state index contributed by atoms with van der Waals surface area (Å²) < 4.78 is 0. The highest BCUT2D eigenvalue weighted by atomic mass is 16.2. The molecular weight excluding hydrogens is 300 g/mol. The van der Waals surface area contributed by atoms with Gasteiger partial charge in [-0.15, -0.1) is 0 Å². The zero-order chi connectivity index (χ0) is 17.1. The lowest BCUT2D eigenvalue weighted by Gasteiger charge is -2.21. The number of imide groups is 1. The number of carbonyl (C=O) groups is 2.